The number of hydrogen-bond acceptors (Lipinski definition) is 4. The fourth-order valence-corrected chi connectivity index (χ4v) is 1.51. The van der Waals surface area contributed by atoms with Gasteiger partial charge in [0.2, 0.25) is 0 Å². The van der Waals surface area contributed by atoms with Gasteiger partial charge < -0.3 is 5.73 Å². The van der Waals surface area contributed by atoms with E-state index in [2.05, 4.69) is 21.0 Å². The SMILES string of the molecule is C#CC(C)n1nc(C)c2c(N)ncnc21.CC. The summed E-state index contributed by atoms with van der Waals surface area (Å²) in [4.78, 5) is 8.07. The first-order valence-corrected chi connectivity index (χ1v) is 5.56. The molecule has 2 aromatic heterocycles. The third-order valence-corrected chi connectivity index (χ3v) is 2.30. The van der Waals surface area contributed by atoms with Crippen LogP contribution in [-0.2, 0) is 0 Å². The van der Waals surface area contributed by atoms with Crippen LogP contribution in [0.2, 0.25) is 0 Å². The Kier molecular flexibility index (Phi) is 4.05. The highest BCUT2D eigenvalue weighted by molar-refractivity contribution is 5.87. The molecule has 2 rings (SSSR count). The predicted octanol–water partition coefficient (Wildman–Crippen LogP) is 1.94. The molecule has 2 N–H and O–H groups in total. The fourth-order valence-electron chi connectivity index (χ4n) is 1.51. The minimum Gasteiger partial charge on any atom is -0.383 e. The van der Waals surface area contributed by atoms with Gasteiger partial charge in [-0.25, -0.2) is 14.6 Å². The maximum Gasteiger partial charge on any atom is 0.164 e. The van der Waals surface area contributed by atoms with Crippen LogP contribution in [0.1, 0.15) is 32.5 Å². The second-order valence-corrected chi connectivity index (χ2v) is 3.33. The summed E-state index contributed by atoms with van der Waals surface area (Å²) in [6.07, 6.45) is 6.77. The maximum absolute atomic E-state index is 5.76. The van der Waals surface area contributed by atoms with Crippen molar-refractivity contribution in [3.63, 3.8) is 0 Å². The van der Waals surface area contributed by atoms with E-state index in [9.17, 15) is 0 Å². The van der Waals surface area contributed by atoms with Gasteiger partial charge in [0.25, 0.3) is 0 Å². The molecule has 5 heteroatoms. The van der Waals surface area contributed by atoms with Crippen LogP contribution in [0.25, 0.3) is 11.0 Å². The van der Waals surface area contributed by atoms with E-state index in [-0.39, 0.29) is 6.04 Å². The van der Waals surface area contributed by atoms with Crippen molar-refractivity contribution >= 4 is 16.9 Å². The van der Waals surface area contributed by atoms with Crippen molar-refractivity contribution in [2.24, 2.45) is 0 Å². The Morgan fingerprint density at radius 2 is 2.06 bits per heavy atom. The van der Waals surface area contributed by atoms with E-state index in [4.69, 9.17) is 12.2 Å². The Hall–Kier alpha value is -2.09. The molecule has 0 bridgehead atoms. The number of hydrogen-bond donors (Lipinski definition) is 1. The van der Waals surface area contributed by atoms with E-state index in [1.54, 1.807) is 4.68 Å². The lowest BCUT2D eigenvalue weighted by molar-refractivity contribution is 0.607. The maximum atomic E-state index is 5.76. The summed E-state index contributed by atoms with van der Waals surface area (Å²) in [5.41, 5.74) is 7.24. The predicted molar refractivity (Wildman–Crippen MR) is 69.4 cm³/mol. The summed E-state index contributed by atoms with van der Waals surface area (Å²) in [6.45, 7) is 7.74. The summed E-state index contributed by atoms with van der Waals surface area (Å²) in [5, 5.41) is 5.09. The largest absolute Gasteiger partial charge is 0.383 e. The van der Waals surface area contributed by atoms with Crippen molar-refractivity contribution in [1.29, 1.82) is 0 Å². The van der Waals surface area contributed by atoms with E-state index in [0.717, 1.165) is 11.1 Å². The van der Waals surface area contributed by atoms with Crippen molar-refractivity contribution in [1.82, 2.24) is 19.7 Å². The van der Waals surface area contributed by atoms with Gasteiger partial charge in [-0.05, 0) is 13.8 Å². The number of aromatic nitrogens is 4. The van der Waals surface area contributed by atoms with Gasteiger partial charge >= 0.3 is 0 Å². The van der Waals surface area contributed by atoms with Crippen LogP contribution in [0.5, 0.6) is 0 Å². The van der Waals surface area contributed by atoms with E-state index in [1.807, 2.05) is 27.7 Å². The number of nitrogens with two attached hydrogens (primary N) is 1. The zero-order valence-corrected chi connectivity index (χ0v) is 10.6. The fraction of sp³-hybridized carbons (Fsp3) is 0.417. The molecule has 0 saturated heterocycles. The van der Waals surface area contributed by atoms with Gasteiger partial charge in [-0.2, -0.15) is 5.10 Å². The standard InChI is InChI=1S/C10H11N5.C2H6/c1-4-6(2)15-10-8(7(3)14-15)9(11)12-5-13-10;1-2/h1,5-6H,2-3H3,(H2,11,12,13);1-2H3. The van der Waals surface area contributed by atoms with Crippen molar-refractivity contribution in [2.45, 2.75) is 33.7 Å². The monoisotopic (exact) mass is 231 g/mol. The third kappa shape index (κ3) is 2.21. The number of aryl methyl sites for hydroxylation is 1. The van der Waals surface area contributed by atoms with E-state index < -0.39 is 0 Å². The molecule has 2 heterocycles. The van der Waals surface area contributed by atoms with Crippen molar-refractivity contribution < 1.29 is 0 Å². The van der Waals surface area contributed by atoms with Gasteiger partial charge in [-0.3, -0.25) is 0 Å². The Balaban J connectivity index is 0.000000686. The third-order valence-electron chi connectivity index (χ3n) is 2.30. The topological polar surface area (TPSA) is 69.6 Å². The van der Waals surface area contributed by atoms with Crippen LogP contribution in [-0.4, -0.2) is 19.7 Å². The molecule has 0 aromatic carbocycles. The molecular formula is C12H17N5. The van der Waals surface area contributed by atoms with Crippen LogP contribution >= 0.6 is 0 Å². The normalized spacial score (nSPS) is 11.5. The van der Waals surface area contributed by atoms with Gasteiger partial charge in [-0.15, -0.1) is 6.42 Å². The molecule has 0 amide bonds. The number of rotatable bonds is 1. The van der Waals surface area contributed by atoms with Gasteiger partial charge in [-0.1, -0.05) is 19.8 Å². The number of nitrogen functional groups attached to an aromatic ring is 1. The first kappa shape index (κ1) is 13.0. The molecule has 0 saturated carbocycles. The summed E-state index contributed by atoms with van der Waals surface area (Å²) < 4.78 is 1.68. The highest BCUT2D eigenvalue weighted by Crippen LogP contribution is 2.22. The Labute approximate surface area is 101 Å². The lowest BCUT2D eigenvalue weighted by Gasteiger charge is -2.04. The summed E-state index contributed by atoms with van der Waals surface area (Å²) >= 11 is 0. The van der Waals surface area contributed by atoms with Crippen LogP contribution in [0.15, 0.2) is 6.33 Å². The molecule has 2 aromatic rings. The van der Waals surface area contributed by atoms with Crippen LogP contribution in [0, 0.1) is 19.3 Å². The molecule has 17 heavy (non-hydrogen) atoms. The molecule has 1 unspecified atom stereocenters. The van der Waals surface area contributed by atoms with Crippen molar-refractivity contribution in [3.8, 4) is 12.3 Å². The lowest BCUT2D eigenvalue weighted by Crippen LogP contribution is -2.05. The van der Waals surface area contributed by atoms with Gasteiger partial charge in [0.1, 0.15) is 18.2 Å². The molecule has 0 spiro atoms. The zero-order valence-electron chi connectivity index (χ0n) is 10.6. The minimum atomic E-state index is -0.143. The van der Waals surface area contributed by atoms with Gasteiger partial charge in [0.05, 0.1) is 11.1 Å². The van der Waals surface area contributed by atoms with Crippen LogP contribution in [0.4, 0.5) is 5.82 Å². The number of nitrogens with zero attached hydrogens (tertiary/aromatic N) is 4. The van der Waals surface area contributed by atoms with Crippen molar-refractivity contribution in [3.05, 3.63) is 12.0 Å². The molecular weight excluding hydrogens is 214 g/mol. The highest BCUT2D eigenvalue weighted by Gasteiger charge is 2.14. The van der Waals surface area contributed by atoms with Gasteiger partial charge in [0, 0.05) is 0 Å². The number of anilines is 1. The number of fused-ring (bicyclic) bond motifs is 1. The van der Waals surface area contributed by atoms with Gasteiger partial charge in [0.15, 0.2) is 5.65 Å². The number of terminal acetylenes is 1. The second-order valence-electron chi connectivity index (χ2n) is 3.33. The zero-order chi connectivity index (χ0) is 13.0. The van der Waals surface area contributed by atoms with Crippen molar-refractivity contribution in [2.75, 3.05) is 5.73 Å². The van der Waals surface area contributed by atoms with E-state index >= 15 is 0 Å². The quantitative estimate of drug-likeness (QED) is 0.761. The minimum absolute atomic E-state index is 0.143. The van der Waals surface area contributed by atoms with Crippen LogP contribution in [0.3, 0.4) is 0 Å². The molecule has 5 nitrogen and oxygen atoms in total. The first-order valence-electron chi connectivity index (χ1n) is 5.56. The Morgan fingerprint density at radius 3 is 2.65 bits per heavy atom. The van der Waals surface area contributed by atoms with E-state index in [0.29, 0.717) is 11.5 Å². The molecule has 0 radical (unpaired) electrons. The Bertz CT molecular complexity index is 550. The molecule has 1 atom stereocenters. The molecule has 0 fully saturated rings. The lowest BCUT2D eigenvalue weighted by atomic mass is 10.3. The average molecular weight is 231 g/mol. The Morgan fingerprint density at radius 1 is 1.41 bits per heavy atom. The summed E-state index contributed by atoms with van der Waals surface area (Å²) in [5.74, 6) is 3.04. The second kappa shape index (κ2) is 5.30. The molecule has 0 aliphatic carbocycles. The smallest absolute Gasteiger partial charge is 0.164 e. The summed E-state index contributed by atoms with van der Waals surface area (Å²) in [7, 11) is 0. The molecule has 0 aliphatic rings. The molecule has 90 valence electrons. The summed E-state index contributed by atoms with van der Waals surface area (Å²) in [6, 6.07) is -0.143. The van der Waals surface area contributed by atoms with E-state index in [1.165, 1.54) is 6.33 Å². The first-order chi connectivity index (χ1) is 8.15. The van der Waals surface area contributed by atoms with Crippen LogP contribution < -0.4 is 5.73 Å². The molecule has 0 aliphatic heterocycles. The average Bonchev–Trinajstić information content (AvgIpc) is 2.70. The highest BCUT2D eigenvalue weighted by atomic mass is 15.3.